The highest BCUT2D eigenvalue weighted by Gasteiger charge is 2.30. The summed E-state index contributed by atoms with van der Waals surface area (Å²) in [7, 11) is 0. The molecule has 13 nitrogen and oxygen atoms in total. The molecule has 0 aromatic carbocycles. The Morgan fingerprint density at radius 1 is 0.871 bits per heavy atom. The molecular formula is C18H31N5O8. The van der Waals surface area contributed by atoms with Crippen LogP contribution in [0.2, 0.25) is 0 Å². The molecule has 0 radical (unpaired) electrons. The Morgan fingerprint density at radius 2 is 1.42 bits per heavy atom. The molecule has 31 heavy (non-hydrogen) atoms. The van der Waals surface area contributed by atoms with E-state index in [0.717, 1.165) is 0 Å². The fourth-order valence-electron chi connectivity index (χ4n) is 2.39. The van der Waals surface area contributed by atoms with Crippen molar-refractivity contribution in [2.75, 3.05) is 0 Å². The number of aliphatic carboxylic acids is 2. The van der Waals surface area contributed by atoms with E-state index in [0.29, 0.717) is 6.42 Å². The first kappa shape index (κ1) is 27.8. The van der Waals surface area contributed by atoms with Crippen molar-refractivity contribution in [2.45, 2.75) is 70.6 Å². The molecule has 0 aromatic rings. The number of hydrogen-bond acceptors (Lipinski definition) is 7. The van der Waals surface area contributed by atoms with Gasteiger partial charge in [-0.25, -0.2) is 4.79 Å². The minimum atomic E-state index is -1.47. The Morgan fingerprint density at radius 3 is 1.87 bits per heavy atom. The normalized spacial score (nSPS) is 15.5. The minimum Gasteiger partial charge on any atom is -0.481 e. The van der Waals surface area contributed by atoms with Crippen LogP contribution in [-0.4, -0.2) is 69.9 Å². The van der Waals surface area contributed by atoms with Crippen molar-refractivity contribution in [1.82, 2.24) is 16.0 Å². The number of amides is 4. The summed E-state index contributed by atoms with van der Waals surface area (Å²) in [5.74, 6) is -6.22. The standard InChI is InChI=1S/C18H31N5O8/c1-4-8(2)14(20)17(29)23-11(7-12(19)24)16(28)21-9(3)15(27)22-10(18(30)31)5-6-13(25)26/h8-11,14H,4-7,20H2,1-3H3,(H2,19,24)(H,21,28)(H,22,27)(H,23,29)(H,25,26)(H,30,31). The Kier molecular flexibility index (Phi) is 11.8. The van der Waals surface area contributed by atoms with Gasteiger partial charge < -0.3 is 37.6 Å². The molecule has 0 spiro atoms. The quantitative estimate of drug-likeness (QED) is 0.151. The van der Waals surface area contributed by atoms with Crippen LogP contribution in [0.15, 0.2) is 0 Å². The zero-order valence-electron chi connectivity index (χ0n) is 17.7. The third-order valence-electron chi connectivity index (χ3n) is 4.61. The lowest BCUT2D eigenvalue weighted by Crippen LogP contribution is -2.57. The van der Waals surface area contributed by atoms with Gasteiger partial charge in [0.2, 0.25) is 23.6 Å². The number of hydrogen-bond donors (Lipinski definition) is 7. The third kappa shape index (κ3) is 10.4. The van der Waals surface area contributed by atoms with Crippen LogP contribution in [0.25, 0.3) is 0 Å². The first-order chi connectivity index (χ1) is 14.3. The first-order valence-corrected chi connectivity index (χ1v) is 9.69. The van der Waals surface area contributed by atoms with Crippen molar-refractivity contribution in [3.05, 3.63) is 0 Å². The molecule has 0 aliphatic carbocycles. The summed E-state index contributed by atoms with van der Waals surface area (Å²) in [4.78, 5) is 70.0. The highest BCUT2D eigenvalue weighted by Crippen LogP contribution is 2.06. The van der Waals surface area contributed by atoms with Gasteiger partial charge in [-0.05, 0) is 19.3 Å². The molecule has 0 heterocycles. The van der Waals surface area contributed by atoms with Crippen molar-refractivity contribution in [3.8, 4) is 0 Å². The van der Waals surface area contributed by atoms with Gasteiger partial charge in [0.1, 0.15) is 18.1 Å². The molecule has 0 bridgehead atoms. The number of carbonyl (C=O) groups excluding carboxylic acids is 4. The van der Waals surface area contributed by atoms with Crippen LogP contribution in [0.5, 0.6) is 0 Å². The first-order valence-electron chi connectivity index (χ1n) is 9.69. The van der Waals surface area contributed by atoms with Crippen molar-refractivity contribution >= 4 is 35.6 Å². The molecule has 0 aliphatic heterocycles. The minimum absolute atomic E-state index is 0.194. The van der Waals surface area contributed by atoms with E-state index in [-0.39, 0.29) is 12.3 Å². The number of nitrogens with two attached hydrogens (primary N) is 2. The van der Waals surface area contributed by atoms with Gasteiger partial charge in [0.25, 0.3) is 0 Å². The van der Waals surface area contributed by atoms with Crippen LogP contribution in [0.1, 0.15) is 46.5 Å². The zero-order valence-corrected chi connectivity index (χ0v) is 17.7. The molecule has 4 amide bonds. The van der Waals surface area contributed by atoms with Gasteiger partial charge in [0.05, 0.1) is 12.5 Å². The average Bonchev–Trinajstić information content (AvgIpc) is 2.67. The molecule has 0 rings (SSSR count). The van der Waals surface area contributed by atoms with E-state index in [2.05, 4.69) is 16.0 Å². The van der Waals surface area contributed by atoms with E-state index in [1.807, 2.05) is 6.92 Å². The second kappa shape index (κ2) is 13.2. The van der Waals surface area contributed by atoms with Crippen LogP contribution < -0.4 is 27.4 Å². The van der Waals surface area contributed by atoms with Crippen LogP contribution in [0, 0.1) is 5.92 Å². The molecule has 5 unspecified atom stereocenters. The monoisotopic (exact) mass is 445 g/mol. The third-order valence-corrected chi connectivity index (χ3v) is 4.61. The summed E-state index contributed by atoms with van der Waals surface area (Å²) in [6.45, 7) is 4.81. The Balaban J connectivity index is 5.12. The highest BCUT2D eigenvalue weighted by molar-refractivity contribution is 5.96. The number of carboxylic acid groups (broad SMARTS) is 2. The van der Waals surface area contributed by atoms with Crippen LogP contribution in [0.3, 0.4) is 0 Å². The van der Waals surface area contributed by atoms with Crippen molar-refractivity contribution in [3.63, 3.8) is 0 Å². The predicted molar refractivity (Wildman–Crippen MR) is 107 cm³/mol. The van der Waals surface area contributed by atoms with E-state index >= 15 is 0 Å². The van der Waals surface area contributed by atoms with E-state index in [4.69, 9.17) is 21.7 Å². The SMILES string of the molecule is CCC(C)C(N)C(=O)NC(CC(N)=O)C(=O)NC(C)C(=O)NC(CCC(=O)O)C(=O)O. The van der Waals surface area contributed by atoms with E-state index in [1.54, 1.807) is 6.92 Å². The molecule has 5 atom stereocenters. The molecule has 176 valence electrons. The van der Waals surface area contributed by atoms with Crippen LogP contribution in [0.4, 0.5) is 0 Å². The molecule has 0 saturated heterocycles. The van der Waals surface area contributed by atoms with Crippen molar-refractivity contribution < 1.29 is 39.0 Å². The zero-order chi connectivity index (χ0) is 24.3. The number of carbonyl (C=O) groups is 6. The maximum Gasteiger partial charge on any atom is 0.326 e. The molecule has 0 fully saturated rings. The largest absolute Gasteiger partial charge is 0.481 e. The Bertz CT molecular complexity index is 698. The van der Waals surface area contributed by atoms with Gasteiger partial charge in [0.15, 0.2) is 0 Å². The summed E-state index contributed by atoms with van der Waals surface area (Å²) in [6, 6.07) is -5.05. The van der Waals surface area contributed by atoms with E-state index < -0.39 is 72.6 Å². The maximum atomic E-state index is 12.5. The topological polar surface area (TPSA) is 231 Å². The molecule has 0 saturated carbocycles. The molecular weight excluding hydrogens is 414 g/mol. The lowest BCUT2D eigenvalue weighted by molar-refractivity contribution is -0.143. The number of primary amides is 1. The summed E-state index contributed by atoms with van der Waals surface area (Å²) < 4.78 is 0. The summed E-state index contributed by atoms with van der Waals surface area (Å²) in [5, 5.41) is 24.5. The maximum absolute atomic E-state index is 12.5. The number of rotatable bonds is 14. The molecule has 0 aliphatic rings. The average molecular weight is 445 g/mol. The van der Waals surface area contributed by atoms with E-state index in [1.165, 1.54) is 6.92 Å². The molecule has 13 heteroatoms. The summed E-state index contributed by atoms with van der Waals surface area (Å²) in [5.41, 5.74) is 10.9. The number of carboxylic acids is 2. The highest BCUT2D eigenvalue weighted by atomic mass is 16.4. The van der Waals surface area contributed by atoms with Gasteiger partial charge in [-0.3, -0.25) is 24.0 Å². The second-order valence-electron chi connectivity index (χ2n) is 7.21. The van der Waals surface area contributed by atoms with Gasteiger partial charge in [-0.1, -0.05) is 20.3 Å². The smallest absolute Gasteiger partial charge is 0.326 e. The lowest BCUT2D eigenvalue weighted by Gasteiger charge is -2.24. The lowest BCUT2D eigenvalue weighted by atomic mass is 9.99. The predicted octanol–water partition coefficient (Wildman–Crippen LogP) is -2.34. The van der Waals surface area contributed by atoms with Crippen molar-refractivity contribution in [2.24, 2.45) is 17.4 Å². The van der Waals surface area contributed by atoms with Crippen molar-refractivity contribution in [1.29, 1.82) is 0 Å². The van der Waals surface area contributed by atoms with Gasteiger partial charge >= 0.3 is 11.9 Å². The summed E-state index contributed by atoms with van der Waals surface area (Å²) in [6.07, 6.45) is -0.785. The van der Waals surface area contributed by atoms with Crippen LogP contribution >= 0.6 is 0 Å². The summed E-state index contributed by atoms with van der Waals surface area (Å²) >= 11 is 0. The molecule has 0 aromatic heterocycles. The van der Waals surface area contributed by atoms with Gasteiger partial charge in [-0.15, -0.1) is 0 Å². The fourth-order valence-corrected chi connectivity index (χ4v) is 2.39. The number of nitrogens with one attached hydrogen (secondary N) is 3. The fraction of sp³-hybridized carbons (Fsp3) is 0.667. The molecule has 9 N–H and O–H groups in total. The second-order valence-corrected chi connectivity index (χ2v) is 7.21. The Hall–Kier alpha value is -3.22. The van der Waals surface area contributed by atoms with E-state index in [9.17, 15) is 28.8 Å². The van der Waals surface area contributed by atoms with Gasteiger partial charge in [-0.2, -0.15) is 0 Å². The Labute approximate surface area is 179 Å². The van der Waals surface area contributed by atoms with Gasteiger partial charge in [0, 0.05) is 6.42 Å². The van der Waals surface area contributed by atoms with Crippen LogP contribution in [-0.2, 0) is 28.8 Å².